The summed E-state index contributed by atoms with van der Waals surface area (Å²) in [7, 11) is 3.55. The fourth-order valence-electron chi connectivity index (χ4n) is 3.43. The lowest BCUT2D eigenvalue weighted by atomic mass is 9.79. The van der Waals surface area contributed by atoms with E-state index in [-0.39, 0.29) is 17.4 Å². The molecule has 0 amide bonds. The maximum Gasteiger partial charge on any atom is 0.261 e. The quantitative estimate of drug-likeness (QED) is 0.697. The Balaban J connectivity index is 2.05. The number of nitrogens with zero attached hydrogens (tertiary/aromatic N) is 2. The zero-order valence-corrected chi connectivity index (χ0v) is 13.2. The number of hydrogen-bond acceptors (Lipinski definition) is 4. The number of fused-ring (bicyclic) bond motifs is 5. The molecule has 2 aliphatic heterocycles. The summed E-state index contributed by atoms with van der Waals surface area (Å²) in [6.07, 6.45) is 0. The van der Waals surface area contributed by atoms with Gasteiger partial charge in [0.05, 0.1) is 18.8 Å². The zero-order valence-electron chi connectivity index (χ0n) is 12.4. The number of ether oxygens (including phenoxy) is 2. The Morgan fingerprint density at radius 3 is 2.68 bits per heavy atom. The summed E-state index contributed by atoms with van der Waals surface area (Å²) >= 11 is 5.31. The number of hydrogen-bond donors (Lipinski definition) is 0. The van der Waals surface area contributed by atoms with Gasteiger partial charge in [-0.1, -0.05) is 18.2 Å². The van der Waals surface area contributed by atoms with Crippen molar-refractivity contribution in [2.45, 2.75) is 5.92 Å². The first-order valence-electron chi connectivity index (χ1n) is 7.24. The van der Waals surface area contributed by atoms with Crippen molar-refractivity contribution in [3.05, 3.63) is 50.5 Å². The van der Waals surface area contributed by atoms with E-state index >= 15 is 0 Å². The van der Waals surface area contributed by atoms with Gasteiger partial charge in [0, 0.05) is 31.5 Å². The molecule has 0 N–H and O–H groups in total. The van der Waals surface area contributed by atoms with Gasteiger partial charge in [-0.05, 0) is 18.3 Å². The van der Waals surface area contributed by atoms with E-state index in [9.17, 15) is 4.79 Å². The van der Waals surface area contributed by atoms with Gasteiger partial charge in [-0.25, -0.2) is 0 Å². The molecule has 2 atom stereocenters. The minimum atomic E-state index is -0.0792. The average molecular weight is 316 g/mol. The normalized spacial score (nSPS) is 21.9. The molecule has 4 rings (SSSR count). The SMILES string of the molecule is Cn1c2c(c(=O)n(C)c1=S)C1c3ccccc3OCC1CO2. The molecule has 0 aliphatic carbocycles. The van der Waals surface area contributed by atoms with Crippen molar-refractivity contribution < 1.29 is 9.47 Å². The van der Waals surface area contributed by atoms with E-state index in [1.54, 1.807) is 11.6 Å². The van der Waals surface area contributed by atoms with E-state index in [1.807, 2.05) is 31.3 Å². The van der Waals surface area contributed by atoms with Crippen molar-refractivity contribution in [1.82, 2.24) is 9.13 Å². The Bertz CT molecular complexity index is 884. The summed E-state index contributed by atoms with van der Waals surface area (Å²) in [5, 5.41) is 0. The van der Waals surface area contributed by atoms with Gasteiger partial charge in [0.1, 0.15) is 5.75 Å². The van der Waals surface area contributed by atoms with Crippen LogP contribution in [-0.2, 0) is 14.1 Å². The van der Waals surface area contributed by atoms with Crippen molar-refractivity contribution in [2.75, 3.05) is 13.2 Å². The Kier molecular flexibility index (Phi) is 2.91. The molecular formula is C16H16N2O3S. The maximum atomic E-state index is 12.8. The second kappa shape index (κ2) is 4.71. The van der Waals surface area contributed by atoms with Crippen LogP contribution >= 0.6 is 12.2 Å². The molecule has 22 heavy (non-hydrogen) atoms. The molecule has 0 bridgehead atoms. The van der Waals surface area contributed by atoms with Crippen LogP contribution in [0.5, 0.6) is 11.6 Å². The third-order valence-electron chi connectivity index (χ3n) is 4.57. The Morgan fingerprint density at radius 2 is 1.86 bits per heavy atom. The van der Waals surface area contributed by atoms with Crippen molar-refractivity contribution >= 4 is 12.2 Å². The fraction of sp³-hybridized carbons (Fsp3) is 0.375. The smallest absolute Gasteiger partial charge is 0.261 e. The van der Waals surface area contributed by atoms with Crippen LogP contribution in [0.1, 0.15) is 17.0 Å². The lowest BCUT2D eigenvalue weighted by molar-refractivity contribution is 0.116. The summed E-state index contributed by atoms with van der Waals surface area (Å²) < 4.78 is 15.4. The summed E-state index contributed by atoms with van der Waals surface area (Å²) in [6.45, 7) is 1.09. The molecule has 0 saturated carbocycles. The molecule has 114 valence electrons. The van der Waals surface area contributed by atoms with Gasteiger partial charge in [-0.15, -0.1) is 0 Å². The van der Waals surface area contributed by atoms with Crippen LogP contribution in [0.15, 0.2) is 29.1 Å². The van der Waals surface area contributed by atoms with Crippen molar-refractivity contribution in [2.24, 2.45) is 20.0 Å². The van der Waals surface area contributed by atoms with Gasteiger partial charge < -0.3 is 9.47 Å². The maximum absolute atomic E-state index is 12.8. The largest absolute Gasteiger partial charge is 0.493 e. The molecule has 0 fully saturated rings. The summed E-state index contributed by atoms with van der Waals surface area (Å²) in [6, 6.07) is 7.91. The molecular weight excluding hydrogens is 300 g/mol. The lowest BCUT2D eigenvalue weighted by Gasteiger charge is -2.38. The Hall–Kier alpha value is -2.08. The van der Waals surface area contributed by atoms with Gasteiger partial charge in [0.25, 0.3) is 5.56 Å². The third kappa shape index (κ3) is 1.70. The predicted molar refractivity (Wildman–Crippen MR) is 84.3 cm³/mol. The van der Waals surface area contributed by atoms with Crippen LogP contribution in [0.2, 0.25) is 0 Å². The van der Waals surface area contributed by atoms with Gasteiger partial charge in [0.15, 0.2) is 4.77 Å². The molecule has 0 spiro atoms. The number of aromatic nitrogens is 2. The highest BCUT2D eigenvalue weighted by molar-refractivity contribution is 7.71. The standard InChI is InChI=1S/C16H16N2O3S/c1-17-14(19)13-12-9(8-21-15(13)18(2)16(17)22)7-20-11-6-4-3-5-10(11)12/h3-6,9,12H,7-8H2,1-2H3. The van der Waals surface area contributed by atoms with Gasteiger partial charge in [0.2, 0.25) is 5.88 Å². The molecule has 5 nitrogen and oxygen atoms in total. The summed E-state index contributed by atoms with van der Waals surface area (Å²) in [4.78, 5) is 12.8. The van der Waals surface area contributed by atoms with E-state index < -0.39 is 0 Å². The zero-order chi connectivity index (χ0) is 15.4. The first-order valence-corrected chi connectivity index (χ1v) is 7.65. The van der Waals surface area contributed by atoms with Gasteiger partial charge in [-0.3, -0.25) is 13.9 Å². The van der Waals surface area contributed by atoms with E-state index in [0.717, 1.165) is 11.3 Å². The molecule has 2 aromatic rings. The minimum Gasteiger partial charge on any atom is -0.493 e. The van der Waals surface area contributed by atoms with Crippen molar-refractivity contribution in [3.8, 4) is 11.6 Å². The van der Waals surface area contributed by atoms with Crippen molar-refractivity contribution in [1.29, 1.82) is 0 Å². The highest BCUT2D eigenvalue weighted by Gasteiger charge is 2.40. The van der Waals surface area contributed by atoms with Crippen molar-refractivity contribution in [3.63, 3.8) is 0 Å². The van der Waals surface area contributed by atoms with E-state index in [1.165, 1.54) is 4.57 Å². The second-order valence-corrected chi connectivity index (χ2v) is 6.19. The number of rotatable bonds is 0. The molecule has 1 aromatic carbocycles. The van der Waals surface area contributed by atoms with E-state index in [4.69, 9.17) is 21.7 Å². The van der Waals surface area contributed by atoms with Gasteiger partial charge in [-0.2, -0.15) is 0 Å². The molecule has 2 unspecified atom stereocenters. The summed E-state index contributed by atoms with van der Waals surface area (Å²) in [5.74, 6) is 1.58. The first kappa shape index (κ1) is 13.6. The van der Waals surface area contributed by atoms with Crippen LogP contribution < -0.4 is 15.0 Å². The number of benzene rings is 1. The monoisotopic (exact) mass is 316 g/mol. The van der Waals surface area contributed by atoms with E-state index in [0.29, 0.717) is 29.4 Å². The van der Waals surface area contributed by atoms with Crippen LogP contribution in [0.25, 0.3) is 0 Å². The predicted octanol–water partition coefficient (Wildman–Crippen LogP) is 1.99. The van der Waals surface area contributed by atoms with Crippen LogP contribution in [0.4, 0.5) is 0 Å². The first-order chi connectivity index (χ1) is 10.6. The molecule has 2 aliphatic rings. The van der Waals surface area contributed by atoms with Crippen LogP contribution in [-0.4, -0.2) is 22.3 Å². The number of para-hydroxylation sites is 1. The van der Waals surface area contributed by atoms with Gasteiger partial charge >= 0.3 is 0 Å². The second-order valence-electron chi connectivity index (χ2n) is 5.82. The van der Waals surface area contributed by atoms with E-state index in [2.05, 4.69) is 0 Å². The molecule has 0 saturated heterocycles. The Labute approximate surface area is 132 Å². The Morgan fingerprint density at radius 1 is 1.14 bits per heavy atom. The molecule has 6 heteroatoms. The fourth-order valence-corrected chi connectivity index (χ4v) is 3.60. The highest BCUT2D eigenvalue weighted by Crippen LogP contribution is 2.45. The highest BCUT2D eigenvalue weighted by atomic mass is 32.1. The molecule has 0 radical (unpaired) electrons. The average Bonchev–Trinajstić information content (AvgIpc) is 2.56. The topological polar surface area (TPSA) is 45.4 Å². The lowest BCUT2D eigenvalue weighted by Crippen LogP contribution is -2.41. The third-order valence-corrected chi connectivity index (χ3v) is 5.12. The van der Waals surface area contributed by atoms with Crippen LogP contribution in [0.3, 0.4) is 0 Å². The molecule has 1 aromatic heterocycles. The minimum absolute atomic E-state index is 0.00537. The van der Waals surface area contributed by atoms with Crippen LogP contribution in [0, 0.1) is 10.7 Å². The summed E-state index contributed by atoms with van der Waals surface area (Å²) in [5.41, 5.74) is 1.66. The molecule has 3 heterocycles.